The van der Waals surface area contributed by atoms with Crippen LogP contribution in [0.3, 0.4) is 0 Å². The van der Waals surface area contributed by atoms with Gasteiger partial charge in [0.1, 0.15) is 17.3 Å². The van der Waals surface area contributed by atoms with Crippen LogP contribution in [0.5, 0.6) is 5.75 Å². The zero-order valence-electron chi connectivity index (χ0n) is 18.1. The number of nitrogens with one attached hydrogen (secondary N) is 2. The van der Waals surface area contributed by atoms with Crippen LogP contribution >= 0.6 is 0 Å². The molecule has 0 bridgehead atoms. The summed E-state index contributed by atoms with van der Waals surface area (Å²) in [4.78, 5) is 33.1. The number of amides is 1. The molecule has 168 valence electrons. The van der Waals surface area contributed by atoms with Crippen molar-refractivity contribution in [1.82, 2.24) is 19.7 Å². The Morgan fingerprint density at radius 1 is 1.21 bits per heavy atom. The number of aromatic nitrogens is 4. The van der Waals surface area contributed by atoms with E-state index < -0.39 is 0 Å². The Morgan fingerprint density at radius 2 is 2.03 bits per heavy atom. The van der Waals surface area contributed by atoms with Crippen molar-refractivity contribution in [2.45, 2.75) is 32.6 Å². The molecule has 0 saturated heterocycles. The maximum Gasteiger partial charge on any atom is 0.256 e. The number of furan rings is 1. The highest BCUT2D eigenvalue weighted by Crippen LogP contribution is 2.25. The molecular formula is C24H23N5O4. The number of rotatable bonds is 6. The van der Waals surface area contributed by atoms with E-state index in [0.29, 0.717) is 35.2 Å². The van der Waals surface area contributed by atoms with Crippen molar-refractivity contribution in [2.24, 2.45) is 0 Å². The Labute approximate surface area is 189 Å². The van der Waals surface area contributed by atoms with E-state index in [1.807, 2.05) is 6.92 Å². The first kappa shape index (κ1) is 20.7. The Morgan fingerprint density at radius 3 is 2.79 bits per heavy atom. The largest absolute Gasteiger partial charge is 0.494 e. The number of carbonyl (C=O) groups is 1. The van der Waals surface area contributed by atoms with E-state index in [2.05, 4.69) is 20.4 Å². The van der Waals surface area contributed by atoms with Crippen LogP contribution in [0.25, 0.3) is 17.4 Å². The van der Waals surface area contributed by atoms with Gasteiger partial charge in [0, 0.05) is 17.2 Å². The van der Waals surface area contributed by atoms with Gasteiger partial charge in [0.05, 0.1) is 18.6 Å². The summed E-state index contributed by atoms with van der Waals surface area (Å²) >= 11 is 0. The molecule has 9 heteroatoms. The van der Waals surface area contributed by atoms with Gasteiger partial charge in [-0.15, -0.1) is 0 Å². The fourth-order valence-electron chi connectivity index (χ4n) is 3.92. The predicted octanol–water partition coefficient (Wildman–Crippen LogP) is 3.75. The van der Waals surface area contributed by atoms with Gasteiger partial charge in [-0.3, -0.25) is 14.6 Å². The monoisotopic (exact) mass is 445 g/mol. The lowest BCUT2D eigenvalue weighted by atomic mass is 9.97. The number of fused-ring (bicyclic) bond motifs is 1. The van der Waals surface area contributed by atoms with Crippen molar-refractivity contribution in [2.75, 3.05) is 11.9 Å². The first-order chi connectivity index (χ1) is 16.1. The minimum atomic E-state index is -0.328. The number of aromatic amines is 1. The first-order valence-corrected chi connectivity index (χ1v) is 10.9. The molecule has 5 rings (SSSR count). The van der Waals surface area contributed by atoms with Crippen LogP contribution in [0.2, 0.25) is 0 Å². The first-order valence-electron chi connectivity index (χ1n) is 10.9. The highest BCUT2D eigenvalue weighted by Gasteiger charge is 2.21. The van der Waals surface area contributed by atoms with E-state index >= 15 is 0 Å². The fourth-order valence-corrected chi connectivity index (χ4v) is 3.92. The Bertz CT molecular complexity index is 1340. The topological polar surface area (TPSA) is 115 Å². The number of carbonyl (C=O) groups excluding carboxylic acids is 1. The third-order valence-corrected chi connectivity index (χ3v) is 5.53. The van der Waals surface area contributed by atoms with Crippen LogP contribution in [0.15, 0.2) is 57.9 Å². The molecule has 1 aliphatic carbocycles. The van der Waals surface area contributed by atoms with Crippen molar-refractivity contribution in [1.29, 1.82) is 0 Å². The van der Waals surface area contributed by atoms with Crippen LogP contribution in [0.4, 0.5) is 5.82 Å². The van der Waals surface area contributed by atoms with Crippen LogP contribution < -0.4 is 15.6 Å². The summed E-state index contributed by atoms with van der Waals surface area (Å²) in [7, 11) is 0. The van der Waals surface area contributed by atoms with Crippen LogP contribution in [0.1, 0.15) is 41.4 Å². The molecule has 0 fully saturated rings. The second kappa shape index (κ2) is 8.78. The van der Waals surface area contributed by atoms with Gasteiger partial charge in [0.15, 0.2) is 5.76 Å². The molecule has 3 heterocycles. The maximum absolute atomic E-state index is 13.0. The molecular weight excluding hydrogens is 422 g/mol. The third-order valence-electron chi connectivity index (χ3n) is 5.53. The summed E-state index contributed by atoms with van der Waals surface area (Å²) in [6.45, 7) is 2.45. The van der Waals surface area contributed by atoms with Gasteiger partial charge in [-0.1, -0.05) is 0 Å². The summed E-state index contributed by atoms with van der Waals surface area (Å²) < 4.78 is 12.3. The Kier molecular flexibility index (Phi) is 5.52. The second-order valence-electron chi connectivity index (χ2n) is 7.74. The van der Waals surface area contributed by atoms with Crippen molar-refractivity contribution >= 4 is 11.7 Å². The minimum absolute atomic E-state index is 0.173. The van der Waals surface area contributed by atoms with E-state index in [4.69, 9.17) is 9.15 Å². The van der Waals surface area contributed by atoms with Gasteiger partial charge in [0.25, 0.3) is 11.5 Å². The highest BCUT2D eigenvalue weighted by atomic mass is 16.5. The molecule has 1 amide bonds. The number of H-pyrrole nitrogens is 1. The fraction of sp³-hybridized carbons (Fsp3) is 0.250. The average molecular weight is 445 g/mol. The lowest BCUT2D eigenvalue weighted by molar-refractivity contribution is 0.102. The summed E-state index contributed by atoms with van der Waals surface area (Å²) in [5.41, 5.74) is 2.29. The maximum atomic E-state index is 13.0. The summed E-state index contributed by atoms with van der Waals surface area (Å²) in [6, 6.07) is 12.1. The molecule has 1 aromatic carbocycles. The molecule has 0 aliphatic heterocycles. The smallest absolute Gasteiger partial charge is 0.256 e. The summed E-state index contributed by atoms with van der Waals surface area (Å²) in [5.74, 6) is 1.51. The van der Waals surface area contributed by atoms with E-state index in [-0.39, 0.29) is 17.4 Å². The molecule has 1 aliphatic rings. The SMILES string of the molecule is CCOc1ccc(C(=O)Nc2cc(-c3ccco3)nn2-c2nc3c(c(=O)[nH]2)CCCC3)cc1. The molecule has 9 nitrogen and oxygen atoms in total. The van der Waals surface area contributed by atoms with E-state index in [1.54, 1.807) is 48.7 Å². The van der Waals surface area contributed by atoms with Crippen LogP contribution in [-0.2, 0) is 12.8 Å². The molecule has 0 unspecified atom stereocenters. The van der Waals surface area contributed by atoms with Gasteiger partial charge in [-0.25, -0.2) is 4.98 Å². The van der Waals surface area contributed by atoms with Gasteiger partial charge in [0.2, 0.25) is 5.95 Å². The van der Waals surface area contributed by atoms with Crippen molar-refractivity contribution in [3.8, 4) is 23.2 Å². The quantitative estimate of drug-likeness (QED) is 0.467. The van der Waals surface area contributed by atoms with Gasteiger partial charge < -0.3 is 14.5 Å². The van der Waals surface area contributed by atoms with Crippen molar-refractivity contribution in [3.05, 3.63) is 75.9 Å². The molecule has 33 heavy (non-hydrogen) atoms. The third kappa shape index (κ3) is 4.17. The van der Waals surface area contributed by atoms with Gasteiger partial charge >= 0.3 is 0 Å². The number of nitrogens with zero attached hydrogens (tertiary/aromatic N) is 3. The number of ether oxygens (including phenoxy) is 1. The molecule has 0 atom stereocenters. The zero-order valence-corrected chi connectivity index (χ0v) is 18.1. The summed E-state index contributed by atoms with van der Waals surface area (Å²) in [6.07, 6.45) is 4.97. The molecule has 0 saturated carbocycles. The lowest BCUT2D eigenvalue weighted by Gasteiger charge is -2.15. The molecule has 4 aromatic rings. The van der Waals surface area contributed by atoms with Crippen LogP contribution in [0, 0.1) is 0 Å². The van der Waals surface area contributed by atoms with E-state index in [9.17, 15) is 9.59 Å². The Hall–Kier alpha value is -4.14. The normalized spacial score (nSPS) is 12.9. The molecule has 0 radical (unpaired) electrons. The number of hydrogen-bond donors (Lipinski definition) is 2. The summed E-state index contributed by atoms with van der Waals surface area (Å²) in [5, 5.41) is 7.43. The number of anilines is 1. The lowest BCUT2D eigenvalue weighted by Crippen LogP contribution is -2.24. The minimum Gasteiger partial charge on any atom is -0.494 e. The zero-order chi connectivity index (χ0) is 22.8. The Balaban J connectivity index is 1.52. The van der Waals surface area contributed by atoms with Gasteiger partial charge in [-0.2, -0.15) is 9.78 Å². The van der Waals surface area contributed by atoms with Gasteiger partial charge in [-0.05, 0) is 69.0 Å². The standard InChI is InChI=1S/C24H23N5O4/c1-2-32-16-11-9-15(10-12-16)22(30)26-21-14-19(20-8-5-13-33-20)28-29(21)24-25-18-7-4-3-6-17(18)23(31)27-24/h5,8-14H,2-4,6-7H2,1H3,(H,26,30)(H,25,27,31). The second-order valence-corrected chi connectivity index (χ2v) is 7.74. The number of hydrogen-bond acceptors (Lipinski definition) is 6. The van der Waals surface area contributed by atoms with E-state index in [0.717, 1.165) is 36.9 Å². The average Bonchev–Trinajstić information content (AvgIpc) is 3.50. The molecule has 2 N–H and O–H groups in total. The molecule has 3 aromatic heterocycles. The van der Waals surface area contributed by atoms with Crippen molar-refractivity contribution < 1.29 is 13.9 Å². The highest BCUT2D eigenvalue weighted by molar-refractivity contribution is 6.04. The number of aryl methyl sites for hydroxylation is 1. The van der Waals surface area contributed by atoms with Crippen LogP contribution in [-0.4, -0.2) is 32.3 Å². The van der Waals surface area contributed by atoms with Crippen molar-refractivity contribution in [3.63, 3.8) is 0 Å². The number of benzene rings is 1. The molecule has 0 spiro atoms. The van der Waals surface area contributed by atoms with E-state index in [1.165, 1.54) is 4.68 Å². The predicted molar refractivity (Wildman–Crippen MR) is 122 cm³/mol.